The zero-order valence-electron chi connectivity index (χ0n) is 18.8. The van der Waals surface area contributed by atoms with Crippen LogP contribution in [0.5, 0.6) is 0 Å². The third-order valence-corrected chi connectivity index (χ3v) is 5.92. The number of amides is 3. The van der Waals surface area contributed by atoms with Crippen LogP contribution >= 0.6 is 0 Å². The highest BCUT2D eigenvalue weighted by Gasteiger charge is 2.43. The number of nitrogens with zero attached hydrogens (tertiary/aromatic N) is 3. The molecular weight excluding hydrogens is 440 g/mol. The number of nitrogens with one attached hydrogen (secondary N) is 1. The largest absolute Gasteiger partial charge is 0.462 e. The van der Waals surface area contributed by atoms with Crippen molar-refractivity contribution in [2.75, 3.05) is 25.1 Å². The van der Waals surface area contributed by atoms with Crippen molar-refractivity contribution in [1.82, 2.24) is 10.2 Å². The number of likely N-dealkylation sites (N-methyl/N-ethyl adjacent to an activating group) is 1. The molecule has 2 aliphatic rings. The van der Waals surface area contributed by atoms with Crippen molar-refractivity contribution in [3.8, 4) is 0 Å². The molecular formula is C24H24N4O6. The normalized spacial score (nSPS) is 17.5. The molecule has 34 heavy (non-hydrogen) atoms. The van der Waals surface area contributed by atoms with Crippen LogP contribution in [0.2, 0.25) is 0 Å². The summed E-state index contributed by atoms with van der Waals surface area (Å²) in [6.45, 7) is 2.52. The van der Waals surface area contributed by atoms with Gasteiger partial charge in [-0.2, -0.15) is 0 Å². The first kappa shape index (κ1) is 23.0. The van der Waals surface area contributed by atoms with Crippen LogP contribution in [0.4, 0.5) is 16.2 Å². The molecule has 0 aliphatic carbocycles. The number of ether oxygens (including phenoxy) is 1. The summed E-state index contributed by atoms with van der Waals surface area (Å²) in [5.41, 5.74) is 2.13. The van der Waals surface area contributed by atoms with Crippen LogP contribution in [0.25, 0.3) is 0 Å². The summed E-state index contributed by atoms with van der Waals surface area (Å²) in [6.07, 6.45) is 1.71. The van der Waals surface area contributed by atoms with Gasteiger partial charge in [0.1, 0.15) is 0 Å². The van der Waals surface area contributed by atoms with Gasteiger partial charge in [0, 0.05) is 24.9 Å². The van der Waals surface area contributed by atoms with E-state index in [1.54, 1.807) is 37.4 Å². The predicted octanol–water partition coefficient (Wildman–Crippen LogP) is 3.55. The monoisotopic (exact) mass is 464 g/mol. The van der Waals surface area contributed by atoms with Crippen LogP contribution < -0.4 is 10.2 Å². The quantitative estimate of drug-likeness (QED) is 0.289. The number of urea groups is 1. The first-order valence-corrected chi connectivity index (χ1v) is 10.9. The fraction of sp³-hybridized carbons (Fsp3) is 0.292. The number of rotatable bonds is 7. The number of carbonyl (C=O) groups excluding carboxylic acids is 3. The van der Waals surface area contributed by atoms with Crippen molar-refractivity contribution in [2.24, 2.45) is 0 Å². The molecule has 0 spiro atoms. The molecule has 0 radical (unpaired) electrons. The maximum Gasteiger partial charge on any atom is 0.338 e. The highest BCUT2D eigenvalue weighted by atomic mass is 16.6. The van der Waals surface area contributed by atoms with Gasteiger partial charge in [-0.3, -0.25) is 19.8 Å². The highest BCUT2D eigenvalue weighted by Crippen LogP contribution is 2.38. The summed E-state index contributed by atoms with van der Waals surface area (Å²) >= 11 is 0. The van der Waals surface area contributed by atoms with E-state index in [-0.39, 0.29) is 18.1 Å². The number of unbranched alkanes of at least 4 members (excludes halogenated alkanes) is 1. The Hall–Kier alpha value is -4.21. The van der Waals surface area contributed by atoms with Gasteiger partial charge in [0.15, 0.2) is 0 Å². The predicted molar refractivity (Wildman–Crippen MR) is 123 cm³/mol. The van der Waals surface area contributed by atoms with Gasteiger partial charge in [-0.05, 0) is 36.2 Å². The second-order valence-electron chi connectivity index (χ2n) is 8.08. The van der Waals surface area contributed by atoms with Crippen LogP contribution in [0.15, 0.2) is 59.8 Å². The van der Waals surface area contributed by atoms with E-state index >= 15 is 0 Å². The van der Waals surface area contributed by atoms with Crippen LogP contribution in [-0.4, -0.2) is 47.9 Å². The van der Waals surface area contributed by atoms with E-state index < -0.39 is 23.0 Å². The molecule has 176 valence electrons. The lowest BCUT2D eigenvalue weighted by atomic mass is 9.95. The molecule has 3 amide bonds. The van der Waals surface area contributed by atoms with Gasteiger partial charge in [0.2, 0.25) is 0 Å². The van der Waals surface area contributed by atoms with Crippen molar-refractivity contribution in [1.29, 1.82) is 0 Å². The average Bonchev–Trinajstić information content (AvgIpc) is 3.19. The van der Waals surface area contributed by atoms with Gasteiger partial charge >= 0.3 is 12.0 Å². The first-order valence-electron chi connectivity index (χ1n) is 10.9. The van der Waals surface area contributed by atoms with Gasteiger partial charge in [0.25, 0.3) is 11.6 Å². The zero-order valence-corrected chi connectivity index (χ0v) is 18.8. The summed E-state index contributed by atoms with van der Waals surface area (Å²) in [5, 5.41) is 14.0. The molecule has 0 bridgehead atoms. The summed E-state index contributed by atoms with van der Waals surface area (Å²) in [7, 11) is 1.57. The SMILES string of the molecule is CCCCOC(=O)c1ccc(N2CC3=C(C2=O)[C@@H](c2cccc([N+](=O)[O-])c2)NC(=O)N3C)cc1. The molecule has 2 aromatic carbocycles. The fourth-order valence-electron chi connectivity index (χ4n) is 4.01. The average molecular weight is 464 g/mol. The Labute approximate surface area is 195 Å². The van der Waals surface area contributed by atoms with Crippen molar-refractivity contribution in [3.05, 3.63) is 81.0 Å². The maximum absolute atomic E-state index is 13.5. The molecule has 0 fully saturated rings. The number of nitro benzene ring substituents is 1. The number of hydrogen-bond donors (Lipinski definition) is 1. The van der Waals surface area contributed by atoms with Gasteiger partial charge in [-0.25, -0.2) is 9.59 Å². The standard InChI is InChI=1S/C24H24N4O6/c1-3-4-12-34-23(30)15-8-10-17(11-9-15)27-14-19-20(22(27)29)21(25-24(31)26(19)2)16-6-5-7-18(13-16)28(32)33/h5-11,13,21H,3-4,12,14H2,1-2H3,(H,25,31)/t21-/m1/s1. The number of benzene rings is 2. The lowest BCUT2D eigenvalue weighted by molar-refractivity contribution is -0.384. The second kappa shape index (κ2) is 9.34. The molecule has 1 atom stereocenters. The van der Waals surface area contributed by atoms with Crippen molar-refractivity contribution in [3.63, 3.8) is 0 Å². The molecule has 10 heteroatoms. The Bertz CT molecular complexity index is 1190. The van der Waals surface area contributed by atoms with E-state index in [9.17, 15) is 24.5 Å². The van der Waals surface area contributed by atoms with E-state index in [1.165, 1.54) is 28.0 Å². The lowest BCUT2D eigenvalue weighted by Crippen LogP contribution is -2.45. The van der Waals surface area contributed by atoms with Gasteiger partial charge < -0.3 is 15.0 Å². The minimum atomic E-state index is -0.816. The Morgan fingerprint density at radius 1 is 1.21 bits per heavy atom. The molecule has 2 aromatic rings. The van der Waals surface area contributed by atoms with E-state index in [4.69, 9.17) is 4.74 Å². The zero-order chi connectivity index (χ0) is 24.4. The van der Waals surface area contributed by atoms with E-state index in [1.807, 2.05) is 6.92 Å². The van der Waals surface area contributed by atoms with Gasteiger partial charge in [-0.1, -0.05) is 25.5 Å². The third-order valence-electron chi connectivity index (χ3n) is 5.92. The summed E-state index contributed by atoms with van der Waals surface area (Å²) in [5.74, 6) is -0.748. The maximum atomic E-state index is 13.5. The number of carbonyl (C=O) groups is 3. The van der Waals surface area contributed by atoms with E-state index in [0.717, 1.165) is 12.8 Å². The van der Waals surface area contributed by atoms with Crippen molar-refractivity contribution in [2.45, 2.75) is 25.8 Å². The van der Waals surface area contributed by atoms with Crippen LogP contribution in [0, 0.1) is 10.1 Å². The molecule has 0 aromatic heterocycles. The molecule has 1 N–H and O–H groups in total. The smallest absolute Gasteiger partial charge is 0.338 e. The van der Waals surface area contributed by atoms with E-state index in [0.29, 0.717) is 34.7 Å². The molecule has 10 nitrogen and oxygen atoms in total. The number of nitro groups is 1. The van der Waals surface area contributed by atoms with Gasteiger partial charge in [-0.15, -0.1) is 0 Å². The Kier molecular flexibility index (Phi) is 6.31. The lowest BCUT2D eigenvalue weighted by Gasteiger charge is -2.30. The molecule has 0 unspecified atom stereocenters. The second-order valence-corrected chi connectivity index (χ2v) is 8.08. The Morgan fingerprint density at radius 3 is 2.62 bits per heavy atom. The number of anilines is 1. The number of non-ortho nitro benzene ring substituents is 1. The molecule has 0 saturated carbocycles. The minimum absolute atomic E-state index is 0.128. The Morgan fingerprint density at radius 2 is 1.94 bits per heavy atom. The Balaban J connectivity index is 1.60. The highest BCUT2D eigenvalue weighted by molar-refractivity contribution is 6.12. The molecule has 2 aliphatic heterocycles. The topological polar surface area (TPSA) is 122 Å². The third kappa shape index (κ3) is 4.21. The van der Waals surface area contributed by atoms with Crippen LogP contribution in [0.3, 0.4) is 0 Å². The summed E-state index contributed by atoms with van der Waals surface area (Å²) < 4.78 is 5.22. The van der Waals surface area contributed by atoms with Crippen LogP contribution in [-0.2, 0) is 9.53 Å². The number of hydrogen-bond acceptors (Lipinski definition) is 6. The molecule has 0 saturated heterocycles. The van der Waals surface area contributed by atoms with Crippen molar-refractivity contribution >= 4 is 29.3 Å². The molecule has 2 heterocycles. The van der Waals surface area contributed by atoms with Gasteiger partial charge in [0.05, 0.1) is 41.0 Å². The van der Waals surface area contributed by atoms with E-state index in [2.05, 4.69) is 5.32 Å². The number of esters is 1. The van der Waals surface area contributed by atoms with Crippen LogP contribution in [0.1, 0.15) is 41.7 Å². The summed E-state index contributed by atoms with van der Waals surface area (Å²) in [4.78, 5) is 51.8. The fourth-order valence-corrected chi connectivity index (χ4v) is 4.01. The van der Waals surface area contributed by atoms with Crippen molar-refractivity contribution < 1.29 is 24.0 Å². The molecule has 4 rings (SSSR count). The summed E-state index contributed by atoms with van der Waals surface area (Å²) in [6, 6.07) is 11.2. The first-order chi connectivity index (χ1) is 16.3. The minimum Gasteiger partial charge on any atom is -0.462 e.